The van der Waals surface area contributed by atoms with Crippen LogP contribution >= 0.6 is 11.3 Å². The van der Waals surface area contributed by atoms with E-state index in [2.05, 4.69) is 15.2 Å². The minimum atomic E-state index is -0.0873. The summed E-state index contributed by atoms with van der Waals surface area (Å²) in [6, 6.07) is 0. The molecule has 3 N–H and O–H groups in total. The van der Waals surface area contributed by atoms with Crippen molar-refractivity contribution in [3.8, 4) is 0 Å². The van der Waals surface area contributed by atoms with Gasteiger partial charge in [-0.05, 0) is 6.54 Å². The predicted molar refractivity (Wildman–Crippen MR) is 69.3 cm³/mol. The fraction of sp³-hybridized carbons (Fsp3) is 0.364. The number of H-pyrrole nitrogens is 1. The monoisotopic (exact) mass is 265 g/mol. The summed E-state index contributed by atoms with van der Waals surface area (Å²) in [5.41, 5.74) is 6.90. The number of aromatic nitrogens is 3. The van der Waals surface area contributed by atoms with Crippen LogP contribution in [0.4, 0.5) is 0 Å². The van der Waals surface area contributed by atoms with E-state index in [-0.39, 0.29) is 5.91 Å². The van der Waals surface area contributed by atoms with E-state index in [1.807, 2.05) is 0 Å². The van der Waals surface area contributed by atoms with Gasteiger partial charge in [0.25, 0.3) is 5.91 Å². The number of amides is 1. The Balaban J connectivity index is 2.01. The second kappa shape index (κ2) is 5.74. The summed E-state index contributed by atoms with van der Waals surface area (Å²) in [7, 11) is 1.75. The maximum Gasteiger partial charge on any atom is 0.273 e. The normalized spacial score (nSPS) is 10.6. The van der Waals surface area contributed by atoms with Crippen molar-refractivity contribution in [2.24, 2.45) is 5.73 Å². The lowest BCUT2D eigenvalue weighted by Crippen LogP contribution is -2.26. The molecule has 2 heterocycles. The average molecular weight is 265 g/mol. The van der Waals surface area contributed by atoms with Crippen molar-refractivity contribution in [3.63, 3.8) is 0 Å². The smallest absolute Gasteiger partial charge is 0.273 e. The summed E-state index contributed by atoms with van der Waals surface area (Å²) >= 11 is 1.47. The molecule has 2 aromatic heterocycles. The predicted octanol–water partition coefficient (Wildman–Crippen LogP) is 0.640. The van der Waals surface area contributed by atoms with Gasteiger partial charge in [-0.2, -0.15) is 5.10 Å². The number of nitrogens with two attached hydrogens (primary N) is 1. The number of nitrogens with zero attached hydrogens (tertiary/aromatic N) is 3. The van der Waals surface area contributed by atoms with Gasteiger partial charge < -0.3 is 10.6 Å². The molecule has 0 aliphatic heterocycles. The molecule has 0 saturated carbocycles. The third kappa shape index (κ3) is 2.93. The highest BCUT2D eigenvalue weighted by Crippen LogP contribution is 2.12. The van der Waals surface area contributed by atoms with Gasteiger partial charge >= 0.3 is 0 Å². The Morgan fingerprint density at radius 1 is 1.61 bits per heavy atom. The van der Waals surface area contributed by atoms with Crippen LogP contribution in [0.1, 0.15) is 21.1 Å². The third-order valence-corrected chi connectivity index (χ3v) is 3.36. The quantitative estimate of drug-likeness (QED) is 0.830. The summed E-state index contributed by atoms with van der Waals surface area (Å²) in [5.74, 6) is -0.0873. The number of thiazole rings is 1. The molecule has 0 saturated heterocycles. The van der Waals surface area contributed by atoms with Crippen LogP contribution in [0, 0.1) is 0 Å². The molecule has 0 bridgehead atoms. The van der Waals surface area contributed by atoms with Gasteiger partial charge in [0.05, 0.1) is 11.2 Å². The minimum absolute atomic E-state index is 0.0873. The number of nitrogens with one attached hydrogen (secondary N) is 1. The molecule has 96 valence electrons. The molecule has 0 atom stereocenters. The molecule has 2 rings (SSSR count). The van der Waals surface area contributed by atoms with E-state index in [9.17, 15) is 4.79 Å². The minimum Gasteiger partial charge on any atom is -0.336 e. The Morgan fingerprint density at radius 3 is 3.11 bits per heavy atom. The molecule has 0 spiro atoms. The van der Waals surface area contributed by atoms with E-state index >= 15 is 0 Å². The van der Waals surface area contributed by atoms with Gasteiger partial charge in [-0.3, -0.25) is 9.89 Å². The first-order chi connectivity index (χ1) is 8.70. The van der Waals surface area contributed by atoms with Crippen LogP contribution in [0.15, 0.2) is 17.8 Å². The molecule has 0 unspecified atom stereocenters. The Labute approximate surface area is 109 Å². The summed E-state index contributed by atoms with van der Waals surface area (Å²) in [6.07, 6.45) is 4.18. The first kappa shape index (κ1) is 12.7. The van der Waals surface area contributed by atoms with Crippen LogP contribution in [0.25, 0.3) is 0 Å². The first-order valence-corrected chi connectivity index (χ1v) is 6.46. The molecule has 1 amide bonds. The van der Waals surface area contributed by atoms with Crippen molar-refractivity contribution in [2.45, 2.75) is 13.0 Å². The van der Waals surface area contributed by atoms with Gasteiger partial charge in [0, 0.05) is 37.2 Å². The highest BCUT2D eigenvalue weighted by Gasteiger charge is 2.15. The van der Waals surface area contributed by atoms with E-state index in [0.717, 1.165) is 10.6 Å². The van der Waals surface area contributed by atoms with Crippen LogP contribution < -0.4 is 5.73 Å². The zero-order chi connectivity index (χ0) is 13.0. The van der Waals surface area contributed by atoms with Gasteiger partial charge in [0.15, 0.2) is 0 Å². The fourth-order valence-corrected chi connectivity index (χ4v) is 2.34. The highest BCUT2D eigenvalue weighted by molar-refractivity contribution is 7.09. The van der Waals surface area contributed by atoms with Gasteiger partial charge in [-0.1, -0.05) is 0 Å². The van der Waals surface area contributed by atoms with Gasteiger partial charge in [-0.25, -0.2) is 4.98 Å². The zero-order valence-corrected chi connectivity index (χ0v) is 10.9. The summed E-state index contributed by atoms with van der Waals surface area (Å²) in [5, 5.41) is 9.24. The van der Waals surface area contributed by atoms with E-state index < -0.39 is 0 Å². The van der Waals surface area contributed by atoms with Crippen LogP contribution in [0.5, 0.6) is 0 Å². The standard InChI is InChI=1S/C11H15N5OS/c1-16(6-8-4-13-14-5-8)11(17)9-7-18-10(15-9)2-3-12/h4-5,7H,2-3,6,12H2,1H3,(H,13,14). The summed E-state index contributed by atoms with van der Waals surface area (Å²) < 4.78 is 0. The number of rotatable bonds is 5. The molecule has 0 radical (unpaired) electrons. The Bertz CT molecular complexity index is 507. The van der Waals surface area contributed by atoms with Crippen molar-refractivity contribution in [1.29, 1.82) is 0 Å². The number of carbonyl (C=O) groups is 1. The van der Waals surface area contributed by atoms with E-state index in [4.69, 9.17) is 5.73 Å². The SMILES string of the molecule is CN(Cc1cn[nH]c1)C(=O)c1csc(CCN)n1. The van der Waals surface area contributed by atoms with Crippen molar-refractivity contribution < 1.29 is 4.79 Å². The maximum atomic E-state index is 12.1. The second-order valence-corrected chi connectivity index (χ2v) is 4.88. The molecule has 0 aliphatic rings. The molecular formula is C11H15N5OS. The highest BCUT2D eigenvalue weighted by atomic mass is 32.1. The second-order valence-electron chi connectivity index (χ2n) is 3.93. The fourth-order valence-electron chi connectivity index (χ4n) is 1.55. The number of hydrogen-bond acceptors (Lipinski definition) is 5. The van der Waals surface area contributed by atoms with Crippen molar-refractivity contribution in [1.82, 2.24) is 20.1 Å². The Kier molecular flexibility index (Phi) is 4.06. The largest absolute Gasteiger partial charge is 0.336 e. The van der Waals surface area contributed by atoms with Crippen LogP contribution in [-0.4, -0.2) is 39.6 Å². The molecule has 0 aliphatic carbocycles. The van der Waals surface area contributed by atoms with Crippen molar-refractivity contribution in [2.75, 3.05) is 13.6 Å². The van der Waals surface area contributed by atoms with Crippen molar-refractivity contribution >= 4 is 17.2 Å². The Morgan fingerprint density at radius 2 is 2.44 bits per heavy atom. The van der Waals surface area contributed by atoms with Gasteiger partial charge in [-0.15, -0.1) is 11.3 Å². The molecule has 0 aromatic carbocycles. The third-order valence-electron chi connectivity index (χ3n) is 2.45. The topological polar surface area (TPSA) is 87.9 Å². The zero-order valence-electron chi connectivity index (χ0n) is 10.1. The van der Waals surface area contributed by atoms with E-state index in [1.54, 1.807) is 29.7 Å². The maximum absolute atomic E-state index is 12.1. The molecule has 18 heavy (non-hydrogen) atoms. The molecule has 2 aromatic rings. The lowest BCUT2D eigenvalue weighted by atomic mass is 10.3. The van der Waals surface area contributed by atoms with Gasteiger partial charge in [0.1, 0.15) is 5.69 Å². The van der Waals surface area contributed by atoms with Crippen LogP contribution in [0.3, 0.4) is 0 Å². The Hall–Kier alpha value is -1.73. The number of aromatic amines is 1. The number of carbonyl (C=O) groups excluding carboxylic acids is 1. The molecular weight excluding hydrogens is 250 g/mol. The number of hydrogen-bond donors (Lipinski definition) is 2. The van der Waals surface area contributed by atoms with E-state index in [0.29, 0.717) is 25.2 Å². The van der Waals surface area contributed by atoms with Crippen LogP contribution in [0.2, 0.25) is 0 Å². The average Bonchev–Trinajstić information content (AvgIpc) is 3.00. The molecule has 7 heteroatoms. The molecule has 0 fully saturated rings. The molecule has 6 nitrogen and oxygen atoms in total. The van der Waals surface area contributed by atoms with Crippen molar-refractivity contribution in [3.05, 3.63) is 34.0 Å². The summed E-state index contributed by atoms with van der Waals surface area (Å²) in [6.45, 7) is 1.06. The lowest BCUT2D eigenvalue weighted by molar-refractivity contribution is 0.0780. The van der Waals surface area contributed by atoms with E-state index in [1.165, 1.54) is 11.3 Å². The summed E-state index contributed by atoms with van der Waals surface area (Å²) in [4.78, 5) is 18.0. The van der Waals surface area contributed by atoms with Crippen LogP contribution in [-0.2, 0) is 13.0 Å². The first-order valence-electron chi connectivity index (χ1n) is 5.58. The lowest BCUT2D eigenvalue weighted by Gasteiger charge is -2.14. The van der Waals surface area contributed by atoms with Gasteiger partial charge in [0.2, 0.25) is 0 Å².